The largest absolute Gasteiger partial charge is 0.486 e. The van der Waals surface area contributed by atoms with Gasteiger partial charge in [0, 0.05) is 12.6 Å². The van der Waals surface area contributed by atoms with E-state index in [2.05, 4.69) is 27.2 Å². The molecule has 3 rings (SSSR count). The second-order valence-corrected chi connectivity index (χ2v) is 6.64. The first-order valence-corrected chi connectivity index (χ1v) is 9.31. The Morgan fingerprint density at radius 2 is 2.18 bits per heavy atom. The van der Waals surface area contributed by atoms with Crippen molar-refractivity contribution in [3.63, 3.8) is 0 Å². The van der Waals surface area contributed by atoms with Crippen molar-refractivity contribution in [2.45, 2.75) is 25.2 Å². The third-order valence-corrected chi connectivity index (χ3v) is 4.48. The summed E-state index contributed by atoms with van der Waals surface area (Å²) in [6.07, 6.45) is 1.70. The minimum absolute atomic E-state index is 0.125. The molecule has 0 saturated carbocycles. The van der Waals surface area contributed by atoms with Gasteiger partial charge in [0.25, 0.3) is 0 Å². The van der Waals surface area contributed by atoms with Crippen molar-refractivity contribution in [1.82, 2.24) is 19.9 Å². The molecular formula is C18H18FN5O3S. The Hall–Kier alpha value is -3.14. The van der Waals surface area contributed by atoms with Crippen molar-refractivity contribution in [2.24, 2.45) is 0 Å². The third kappa shape index (κ3) is 5.19. The number of amides is 1. The van der Waals surface area contributed by atoms with Crippen molar-refractivity contribution in [1.29, 1.82) is 0 Å². The predicted molar refractivity (Wildman–Crippen MR) is 102 cm³/mol. The molecule has 0 unspecified atom stereocenters. The summed E-state index contributed by atoms with van der Waals surface area (Å²) < 4.78 is 25.3. The van der Waals surface area contributed by atoms with E-state index in [1.54, 1.807) is 23.6 Å². The molecule has 0 spiro atoms. The summed E-state index contributed by atoms with van der Waals surface area (Å²) in [6.45, 7) is 6.08. The Morgan fingerprint density at radius 1 is 1.39 bits per heavy atom. The summed E-state index contributed by atoms with van der Waals surface area (Å²) in [5.41, 5.74) is 0. The molecule has 0 atom stereocenters. The maximum absolute atomic E-state index is 13.0. The molecule has 0 aliphatic heterocycles. The first-order chi connectivity index (χ1) is 13.5. The highest BCUT2D eigenvalue weighted by atomic mass is 32.2. The Morgan fingerprint density at radius 3 is 2.86 bits per heavy atom. The average molecular weight is 403 g/mol. The SMILES string of the molecule is C=CCn1c(COc2ccc(F)cc2)nnc1SCC(=O)Nc1cc(C)on1. The van der Waals surface area contributed by atoms with Crippen molar-refractivity contribution < 1.29 is 18.4 Å². The Kier molecular flexibility index (Phi) is 6.43. The van der Waals surface area contributed by atoms with Crippen LogP contribution in [0.15, 0.2) is 52.7 Å². The number of carbonyl (C=O) groups excluding carboxylic acids is 1. The lowest BCUT2D eigenvalue weighted by molar-refractivity contribution is -0.113. The molecule has 10 heteroatoms. The minimum atomic E-state index is -0.333. The number of anilines is 1. The second-order valence-electron chi connectivity index (χ2n) is 5.70. The van der Waals surface area contributed by atoms with Crippen molar-refractivity contribution in [3.05, 3.63) is 60.4 Å². The number of nitrogens with zero attached hydrogens (tertiary/aromatic N) is 4. The van der Waals surface area contributed by atoms with Gasteiger partial charge >= 0.3 is 0 Å². The maximum Gasteiger partial charge on any atom is 0.236 e. The number of aryl methyl sites for hydroxylation is 1. The van der Waals surface area contributed by atoms with Gasteiger partial charge in [0.15, 0.2) is 16.8 Å². The second kappa shape index (κ2) is 9.18. The predicted octanol–water partition coefficient (Wildman–Crippen LogP) is 3.21. The Balaban J connectivity index is 1.60. The number of thioether (sulfide) groups is 1. The van der Waals surface area contributed by atoms with E-state index in [4.69, 9.17) is 9.26 Å². The van der Waals surface area contributed by atoms with E-state index in [9.17, 15) is 9.18 Å². The molecule has 3 aromatic rings. The summed E-state index contributed by atoms with van der Waals surface area (Å²) in [6, 6.07) is 7.35. The van der Waals surface area contributed by atoms with Crippen molar-refractivity contribution in [3.8, 4) is 5.75 Å². The van der Waals surface area contributed by atoms with Crippen LogP contribution < -0.4 is 10.1 Å². The molecule has 0 radical (unpaired) electrons. The van der Waals surface area contributed by atoms with E-state index >= 15 is 0 Å². The van der Waals surface area contributed by atoms with Crippen LogP contribution in [0.5, 0.6) is 5.75 Å². The van der Waals surface area contributed by atoms with Gasteiger partial charge in [-0.1, -0.05) is 23.0 Å². The first-order valence-electron chi connectivity index (χ1n) is 8.32. The highest BCUT2D eigenvalue weighted by Crippen LogP contribution is 2.19. The smallest absolute Gasteiger partial charge is 0.236 e. The average Bonchev–Trinajstić information content (AvgIpc) is 3.26. The van der Waals surface area contributed by atoms with Crippen LogP contribution in [0.2, 0.25) is 0 Å². The molecule has 1 N–H and O–H groups in total. The van der Waals surface area contributed by atoms with Crippen LogP contribution >= 0.6 is 11.8 Å². The van der Waals surface area contributed by atoms with E-state index in [-0.39, 0.29) is 24.1 Å². The molecule has 0 bridgehead atoms. The van der Waals surface area contributed by atoms with Gasteiger partial charge in [-0.25, -0.2) is 4.39 Å². The lowest BCUT2D eigenvalue weighted by Gasteiger charge is -2.09. The molecule has 28 heavy (non-hydrogen) atoms. The van der Waals surface area contributed by atoms with E-state index < -0.39 is 0 Å². The number of nitrogens with one attached hydrogen (secondary N) is 1. The van der Waals surface area contributed by atoms with E-state index in [0.717, 1.165) is 0 Å². The molecule has 0 aliphatic rings. The zero-order chi connectivity index (χ0) is 19.9. The highest BCUT2D eigenvalue weighted by Gasteiger charge is 2.15. The zero-order valence-corrected chi connectivity index (χ0v) is 15.9. The Bertz CT molecular complexity index is 955. The molecule has 2 aromatic heterocycles. The molecular weight excluding hydrogens is 385 g/mol. The molecule has 0 fully saturated rings. The summed E-state index contributed by atoms with van der Waals surface area (Å²) in [4.78, 5) is 12.1. The van der Waals surface area contributed by atoms with Gasteiger partial charge in [0.05, 0.1) is 5.75 Å². The van der Waals surface area contributed by atoms with Crippen LogP contribution in [0, 0.1) is 12.7 Å². The lowest BCUT2D eigenvalue weighted by atomic mass is 10.3. The quantitative estimate of drug-likeness (QED) is 0.433. The number of allylic oxidation sites excluding steroid dienone is 1. The van der Waals surface area contributed by atoms with Gasteiger partial charge in [-0.3, -0.25) is 9.36 Å². The van der Waals surface area contributed by atoms with Crippen LogP contribution in [-0.2, 0) is 17.9 Å². The van der Waals surface area contributed by atoms with Crippen LogP contribution in [0.3, 0.4) is 0 Å². The van der Waals surface area contributed by atoms with Gasteiger partial charge in [-0.05, 0) is 31.2 Å². The molecule has 0 aliphatic carbocycles. The summed E-state index contributed by atoms with van der Waals surface area (Å²) in [5, 5.41) is 15.2. The third-order valence-electron chi connectivity index (χ3n) is 3.51. The Labute approximate surface area is 164 Å². The highest BCUT2D eigenvalue weighted by molar-refractivity contribution is 7.99. The van der Waals surface area contributed by atoms with Crippen molar-refractivity contribution in [2.75, 3.05) is 11.1 Å². The number of halogens is 1. The van der Waals surface area contributed by atoms with Crippen molar-refractivity contribution >= 4 is 23.5 Å². The normalized spacial score (nSPS) is 10.6. The van der Waals surface area contributed by atoms with Crippen LogP contribution in [-0.4, -0.2) is 31.6 Å². The fourth-order valence-electron chi connectivity index (χ4n) is 2.26. The van der Waals surface area contributed by atoms with Gasteiger partial charge < -0.3 is 14.6 Å². The minimum Gasteiger partial charge on any atom is -0.486 e. The fourth-order valence-corrected chi connectivity index (χ4v) is 3.02. The van der Waals surface area contributed by atoms with Gasteiger partial charge in [0.2, 0.25) is 5.91 Å². The standard InChI is InChI=1S/C18H18FN5O3S/c1-3-8-24-16(10-26-14-6-4-13(19)5-7-14)21-22-18(24)28-11-17(25)20-15-9-12(2)27-23-15/h3-7,9H,1,8,10-11H2,2H3,(H,20,23,25). The lowest BCUT2D eigenvalue weighted by Crippen LogP contribution is -2.15. The summed E-state index contributed by atoms with van der Waals surface area (Å²) in [5.74, 6) is 1.62. The molecule has 0 saturated heterocycles. The zero-order valence-electron chi connectivity index (χ0n) is 15.1. The number of hydrogen-bond acceptors (Lipinski definition) is 7. The van der Waals surface area contributed by atoms with Gasteiger partial charge in [-0.15, -0.1) is 16.8 Å². The number of hydrogen-bond donors (Lipinski definition) is 1. The molecule has 2 heterocycles. The topological polar surface area (TPSA) is 95.1 Å². The number of aromatic nitrogens is 4. The summed E-state index contributed by atoms with van der Waals surface area (Å²) >= 11 is 1.23. The number of rotatable bonds is 9. The van der Waals surface area contributed by atoms with Gasteiger partial charge in [-0.2, -0.15) is 0 Å². The monoisotopic (exact) mass is 403 g/mol. The summed E-state index contributed by atoms with van der Waals surface area (Å²) in [7, 11) is 0. The first kappa shape index (κ1) is 19.6. The van der Waals surface area contributed by atoms with E-state index in [1.807, 2.05) is 0 Å². The van der Waals surface area contributed by atoms with Crippen LogP contribution in [0.1, 0.15) is 11.6 Å². The number of ether oxygens (including phenoxy) is 1. The van der Waals surface area contributed by atoms with Crippen LogP contribution in [0.25, 0.3) is 0 Å². The molecule has 146 valence electrons. The number of benzene rings is 1. The van der Waals surface area contributed by atoms with E-state index in [0.29, 0.717) is 34.9 Å². The number of carbonyl (C=O) groups is 1. The molecule has 8 nitrogen and oxygen atoms in total. The molecule has 1 amide bonds. The fraction of sp³-hybridized carbons (Fsp3) is 0.222. The van der Waals surface area contributed by atoms with Crippen LogP contribution in [0.4, 0.5) is 10.2 Å². The van der Waals surface area contributed by atoms with E-state index in [1.165, 1.54) is 36.0 Å². The van der Waals surface area contributed by atoms with Gasteiger partial charge in [0.1, 0.15) is 23.9 Å². The maximum atomic E-state index is 13.0. The molecule has 1 aromatic carbocycles.